The van der Waals surface area contributed by atoms with Crippen molar-refractivity contribution in [2.75, 3.05) is 18.2 Å². The molecule has 8 heteroatoms. The molecule has 0 saturated heterocycles. The fourth-order valence-electron chi connectivity index (χ4n) is 3.18. The Bertz CT molecular complexity index is 1220. The second-order valence-corrected chi connectivity index (χ2v) is 8.38. The van der Waals surface area contributed by atoms with E-state index in [1.54, 1.807) is 31.4 Å². The van der Waals surface area contributed by atoms with Gasteiger partial charge in [-0.3, -0.25) is 9.36 Å². The van der Waals surface area contributed by atoms with Crippen molar-refractivity contribution in [2.24, 2.45) is 0 Å². The molecule has 0 unspecified atom stereocenters. The Labute approximate surface area is 195 Å². The number of nitrogens with zero attached hydrogens (tertiary/aromatic N) is 3. The molecule has 1 aromatic heterocycles. The molecule has 0 spiro atoms. The summed E-state index contributed by atoms with van der Waals surface area (Å²) in [7, 11) is 1.60. The second-order valence-electron chi connectivity index (χ2n) is 7.00. The number of aryl methyl sites for hydroxylation is 1. The highest BCUT2D eigenvalue weighted by molar-refractivity contribution is 7.99. The second kappa shape index (κ2) is 9.89. The smallest absolute Gasteiger partial charge is 0.234 e. The number of para-hydroxylation sites is 1. The Morgan fingerprint density at radius 1 is 1.03 bits per heavy atom. The van der Waals surface area contributed by atoms with E-state index in [2.05, 4.69) is 15.5 Å². The monoisotopic (exact) mass is 464 g/mol. The van der Waals surface area contributed by atoms with E-state index in [-0.39, 0.29) is 11.7 Å². The van der Waals surface area contributed by atoms with E-state index >= 15 is 0 Å². The van der Waals surface area contributed by atoms with Crippen LogP contribution in [0.2, 0.25) is 5.02 Å². The minimum atomic E-state index is -0.132. The Balaban J connectivity index is 1.58. The standard InChI is InChI=1S/C24H21ClN4O2S/c1-16-5-3-4-6-21(16)29-23(17-7-9-18(25)10-8-17)27-28-24(29)32-15-22(30)26-19-11-13-20(31-2)14-12-19/h3-14H,15H2,1-2H3,(H,26,30). The van der Waals surface area contributed by atoms with Gasteiger partial charge >= 0.3 is 0 Å². The van der Waals surface area contributed by atoms with Crippen molar-refractivity contribution in [2.45, 2.75) is 12.1 Å². The number of ether oxygens (including phenoxy) is 1. The minimum absolute atomic E-state index is 0.132. The van der Waals surface area contributed by atoms with E-state index in [4.69, 9.17) is 16.3 Å². The summed E-state index contributed by atoms with van der Waals surface area (Å²) < 4.78 is 7.12. The lowest BCUT2D eigenvalue weighted by molar-refractivity contribution is -0.113. The van der Waals surface area contributed by atoms with Crippen LogP contribution < -0.4 is 10.1 Å². The highest BCUT2D eigenvalue weighted by Gasteiger charge is 2.18. The number of amides is 1. The zero-order valence-corrected chi connectivity index (χ0v) is 19.2. The summed E-state index contributed by atoms with van der Waals surface area (Å²) in [6, 6.07) is 22.7. The Morgan fingerprint density at radius 2 is 1.75 bits per heavy atom. The summed E-state index contributed by atoms with van der Waals surface area (Å²) in [5, 5.41) is 13.0. The molecule has 0 aliphatic carbocycles. The number of carbonyl (C=O) groups is 1. The fourth-order valence-corrected chi connectivity index (χ4v) is 4.05. The van der Waals surface area contributed by atoms with Crippen LogP contribution in [0.5, 0.6) is 5.75 Å². The van der Waals surface area contributed by atoms with Crippen LogP contribution in [0.25, 0.3) is 17.1 Å². The first-order chi connectivity index (χ1) is 15.5. The van der Waals surface area contributed by atoms with E-state index < -0.39 is 0 Å². The van der Waals surface area contributed by atoms with E-state index in [1.165, 1.54) is 11.8 Å². The van der Waals surface area contributed by atoms with Crippen molar-refractivity contribution in [3.05, 3.63) is 83.4 Å². The molecule has 0 saturated carbocycles. The number of benzene rings is 3. The molecule has 0 aliphatic heterocycles. The zero-order valence-electron chi connectivity index (χ0n) is 17.6. The molecule has 0 fully saturated rings. The fraction of sp³-hybridized carbons (Fsp3) is 0.125. The average Bonchev–Trinajstić information content (AvgIpc) is 3.23. The predicted octanol–water partition coefficient (Wildman–Crippen LogP) is 5.64. The summed E-state index contributed by atoms with van der Waals surface area (Å²) in [5.41, 5.74) is 3.63. The summed E-state index contributed by atoms with van der Waals surface area (Å²) in [5.74, 6) is 1.48. The highest BCUT2D eigenvalue weighted by atomic mass is 35.5. The molecular formula is C24H21ClN4O2S. The van der Waals surface area contributed by atoms with Gasteiger partial charge in [-0.15, -0.1) is 10.2 Å². The molecule has 1 amide bonds. The molecule has 1 N–H and O–H groups in total. The van der Waals surface area contributed by atoms with Crippen molar-refractivity contribution in [1.82, 2.24) is 14.8 Å². The van der Waals surface area contributed by atoms with Gasteiger partial charge in [0.2, 0.25) is 5.91 Å². The van der Waals surface area contributed by atoms with E-state index in [0.29, 0.717) is 21.7 Å². The minimum Gasteiger partial charge on any atom is -0.497 e. The van der Waals surface area contributed by atoms with Gasteiger partial charge in [0.05, 0.1) is 18.6 Å². The van der Waals surface area contributed by atoms with Gasteiger partial charge in [-0.25, -0.2) is 0 Å². The van der Waals surface area contributed by atoms with Crippen LogP contribution in [0.3, 0.4) is 0 Å². The molecular weight excluding hydrogens is 444 g/mol. The molecule has 4 rings (SSSR count). The molecule has 3 aromatic carbocycles. The number of hydrogen-bond donors (Lipinski definition) is 1. The first kappa shape index (κ1) is 21.9. The Morgan fingerprint density at radius 3 is 2.44 bits per heavy atom. The number of carbonyl (C=O) groups excluding carboxylic acids is 1. The number of aromatic nitrogens is 3. The van der Waals surface area contributed by atoms with Gasteiger partial charge in [0, 0.05) is 16.3 Å². The lowest BCUT2D eigenvalue weighted by Gasteiger charge is -2.13. The maximum Gasteiger partial charge on any atom is 0.234 e. The lowest BCUT2D eigenvalue weighted by Crippen LogP contribution is -2.14. The zero-order chi connectivity index (χ0) is 22.5. The SMILES string of the molecule is COc1ccc(NC(=O)CSc2nnc(-c3ccc(Cl)cc3)n2-c2ccccc2C)cc1. The van der Waals surface area contributed by atoms with Crippen molar-refractivity contribution in [3.8, 4) is 22.8 Å². The largest absolute Gasteiger partial charge is 0.497 e. The third kappa shape index (κ3) is 4.95. The molecule has 4 aromatic rings. The third-order valence-corrected chi connectivity index (χ3v) is 5.98. The number of halogens is 1. The molecule has 6 nitrogen and oxygen atoms in total. The first-order valence-corrected chi connectivity index (χ1v) is 11.3. The van der Waals surface area contributed by atoms with Crippen LogP contribution in [0, 0.1) is 6.92 Å². The summed E-state index contributed by atoms with van der Waals surface area (Å²) in [6.45, 7) is 2.03. The van der Waals surface area contributed by atoms with Gasteiger partial charge in [0.1, 0.15) is 5.75 Å². The molecule has 0 radical (unpaired) electrons. The van der Waals surface area contributed by atoms with Crippen LogP contribution in [0.1, 0.15) is 5.56 Å². The van der Waals surface area contributed by atoms with Gasteiger partial charge in [0.25, 0.3) is 0 Å². The number of methoxy groups -OCH3 is 1. The van der Waals surface area contributed by atoms with Crippen molar-refractivity contribution < 1.29 is 9.53 Å². The predicted molar refractivity (Wildman–Crippen MR) is 129 cm³/mol. The Hall–Kier alpha value is -3.29. The van der Waals surface area contributed by atoms with E-state index in [1.807, 2.05) is 60.0 Å². The molecule has 0 atom stereocenters. The maximum atomic E-state index is 12.5. The quantitative estimate of drug-likeness (QED) is 0.359. The first-order valence-electron chi connectivity index (χ1n) is 9.89. The topological polar surface area (TPSA) is 69.0 Å². The normalized spacial score (nSPS) is 10.7. The number of anilines is 1. The van der Waals surface area contributed by atoms with Crippen molar-refractivity contribution >= 4 is 35.0 Å². The molecule has 1 heterocycles. The number of thioether (sulfide) groups is 1. The van der Waals surface area contributed by atoms with E-state index in [0.717, 1.165) is 22.6 Å². The molecule has 0 bridgehead atoms. The molecule has 0 aliphatic rings. The number of rotatable bonds is 7. The summed E-state index contributed by atoms with van der Waals surface area (Å²) in [4.78, 5) is 12.5. The third-order valence-electron chi connectivity index (χ3n) is 4.80. The van der Waals surface area contributed by atoms with Gasteiger partial charge in [-0.1, -0.05) is 41.6 Å². The van der Waals surface area contributed by atoms with Crippen molar-refractivity contribution in [3.63, 3.8) is 0 Å². The average molecular weight is 465 g/mol. The van der Waals surface area contributed by atoms with Crippen LogP contribution in [0.4, 0.5) is 5.69 Å². The maximum absolute atomic E-state index is 12.5. The molecule has 32 heavy (non-hydrogen) atoms. The van der Waals surface area contributed by atoms with Gasteiger partial charge in [0.15, 0.2) is 11.0 Å². The highest BCUT2D eigenvalue weighted by Crippen LogP contribution is 2.30. The van der Waals surface area contributed by atoms with Crippen LogP contribution in [0.15, 0.2) is 78.0 Å². The van der Waals surface area contributed by atoms with E-state index in [9.17, 15) is 4.79 Å². The van der Waals surface area contributed by atoms with Gasteiger partial charge in [-0.05, 0) is 67.1 Å². The Kier molecular flexibility index (Phi) is 6.78. The van der Waals surface area contributed by atoms with Crippen LogP contribution in [-0.4, -0.2) is 33.5 Å². The summed E-state index contributed by atoms with van der Waals surface area (Å²) in [6.07, 6.45) is 0. The number of hydrogen-bond acceptors (Lipinski definition) is 5. The van der Waals surface area contributed by atoms with Crippen LogP contribution in [-0.2, 0) is 4.79 Å². The van der Waals surface area contributed by atoms with Gasteiger partial charge in [-0.2, -0.15) is 0 Å². The lowest BCUT2D eigenvalue weighted by atomic mass is 10.1. The van der Waals surface area contributed by atoms with Crippen LogP contribution >= 0.6 is 23.4 Å². The molecule has 162 valence electrons. The number of nitrogens with one attached hydrogen (secondary N) is 1. The summed E-state index contributed by atoms with van der Waals surface area (Å²) >= 11 is 7.39. The van der Waals surface area contributed by atoms with Crippen molar-refractivity contribution in [1.29, 1.82) is 0 Å². The van der Waals surface area contributed by atoms with Gasteiger partial charge < -0.3 is 10.1 Å².